The lowest BCUT2D eigenvalue weighted by Crippen LogP contribution is -2.00. The van der Waals surface area contributed by atoms with Crippen LogP contribution in [0.4, 0.5) is 0 Å². The molecule has 108 valence electrons. The first-order valence-corrected chi connectivity index (χ1v) is 6.82. The predicted molar refractivity (Wildman–Crippen MR) is 78.9 cm³/mol. The van der Waals surface area contributed by atoms with Crippen molar-refractivity contribution in [1.82, 2.24) is 9.78 Å². The predicted octanol–water partition coefficient (Wildman–Crippen LogP) is 2.34. The Morgan fingerprint density at radius 3 is 2.40 bits per heavy atom. The van der Waals surface area contributed by atoms with Gasteiger partial charge >= 0.3 is 0 Å². The Labute approximate surface area is 119 Å². The Morgan fingerprint density at radius 1 is 1.10 bits per heavy atom. The van der Waals surface area contributed by atoms with Crippen LogP contribution in [0.25, 0.3) is 11.3 Å². The Morgan fingerprint density at radius 2 is 1.80 bits per heavy atom. The van der Waals surface area contributed by atoms with Crippen molar-refractivity contribution >= 4 is 0 Å². The summed E-state index contributed by atoms with van der Waals surface area (Å²) in [6, 6.07) is 7.90. The smallest absolute Gasteiger partial charge is 0.161 e. The molecule has 0 saturated heterocycles. The molecule has 2 N–H and O–H groups in total. The second kappa shape index (κ2) is 6.43. The average Bonchev–Trinajstić information content (AvgIpc) is 2.82. The number of aryl methyl sites for hydroxylation is 1. The number of aromatic nitrogens is 2. The van der Waals surface area contributed by atoms with Gasteiger partial charge in [0.25, 0.3) is 0 Å². The lowest BCUT2D eigenvalue weighted by atomic mass is 10.1. The molecule has 0 aliphatic carbocycles. The van der Waals surface area contributed by atoms with E-state index < -0.39 is 0 Å². The minimum Gasteiger partial charge on any atom is -0.490 e. The molecule has 0 bridgehead atoms. The zero-order chi connectivity index (χ0) is 14.5. The summed E-state index contributed by atoms with van der Waals surface area (Å²) in [6.45, 7) is 5.56. The van der Waals surface area contributed by atoms with Crippen molar-refractivity contribution in [2.45, 2.75) is 20.4 Å². The largest absolute Gasteiger partial charge is 0.490 e. The molecule has 0 aliphatic rings. The zero-order valence-corrected chi connectivity index (χ0v) is 12.2. The number of nitrogens with zero attached hydrogens (tertiary/aromatic N) is 2. The van der Waals surface area contributed by atoms with E-state index in [1.807, 2.05) is 49.8 Å². The lowest BCUT2D eigenvalue weighted by molar-refractivity contribution is 0.288. The third-order valence-electron chi connectivity index (χ3n) is 2.98. The van der Waals surface area contributed by atoms with Crippen LogP contribution in [-0.2, 0) is 13.6 Å². The van der Waals surface area contributed by atoms with Crippen LogP contribution in [-0.4, -0.2) is 23.0 Å². The van der Waals surface area contributed by atoms with Crippen LogP contribution in [0.1, 0.15) is 19.5 Å². The summed E-state index contributed by atoms with van der Waals surface area (Å²) >= 11 is 0. The lowest BCUT2D eigenvalue weighted by Gasteiger charge is -2.12. The topological polar surface area (TPSA) is 62.3 Å². The number of hydrogen-bond acceptors (Lipinski definition) is 4. The summed E-state index contributed by atoms with van der Waals surface area (Å²) in [5, 5.41) is 4.36. The Hall–Kier alpha value is -2.01. The number of hydrogen-bond donors (Lipinski definition) is 1. The molecule has 0 spiro atoms. The van der Waals surface area contributed by atoms with E-state index in [0.717, 1.165) is 28.5 Å². The molecule has 0 atom stereocenters. The standard InChI is InChI=1S/C15H21N3O2/c1-4-19-14-7-6-11(8-15(14)20-5-2)13-9-12(10-16)17-18(13)3/h6-9H,4-5,10,16H2,1-3H3. The van der Waals surface area contributed by atoms with E-state index in [4.69, 9.17) is 15.2 Å². The van der Waals surface area contributed by atoms with Crippen LogP contribution >= 0.6 is 0 Å². The highest BCUT2D eigenvalue weighted by molar-refractivity contribution is 5.64. The number of rotatable bonds is 6. The SMILES string of the molecule is CCOc1ccc(-c2cc(CN)nn2C)cc1OCC. The van der Waals surface area contributed by atoms with Crippen molar-refractivity contribution in [1.29, 1.82) is 0 Å². The summed E-state index contributed by atoms with van der Waals surface area (Å²) in [6.07, 6.45) is 0. The van der Waals surface area contributed by atoms with Gasteiger partial charge in [-0.2, -0.15) is 5.10 Å². The molecule has 0 unspecified atom stereocenters. The van der Waals surface area contributed by atoms with E-state index in [-0.39, 0.29) is 0 Å². The highest BCUT2D eigenvalue weighted by atomic mass is 16.5. The van der Waals surface area contributed by atoms with Gasteiger partial charge in [-0.25, -0.2) is 0 Å². The molecule has 20 heavy (non-hydrogen) atoms. The molecule has 5 heteroatoms. The molecule has 2 rings (SSSR count). The molecule has 2 aromatic rings. The quantitative estimate of drug-likeness (QED) is 0.879. The number of benzene rings is 1. The second-order valence-electron chi connectivity index (χ2n) is 4.38. The van der Waals surface area contributed by atoms with Gasteiger partial charge in [0.15, 0.2) is 11.5 Å². The first-order valence-electron chi connectivity index (χ1n) is 6.82. The summed E-state index contributed by atoms with van der Waals surface area (Å²) in [5.74, 6) is 1.52. The van der Waals surface area contributed by atoms with Gasteiger partial charge in [0, 0.05) is 19.2 Å². The molecule has 0 aliphatic heterocycles. The van der Waals surface area contributed by atoms with Gasteiger partial charge in [0.2, 0.25) is 0 Å². The van der Waals surface area contributed by atoms with Gasteiger partial charge in [-0.1, -0.05) is 0 Å². The van der Waals surface area contributed by atoms with Crippen LogP contribution in [0.5, 0.6) is 11.5 Å². The maximum absolute atomic E-state index is 5.65. The van der Waals surface area contributed by atoms with E-state index >= 15 is 0 Å². The molecular weight excluding hydrogens is 254 g/mol. The number of ether oxygens (including phenoxy) is 2. The maximum atomic E-state index is 5.65. The van der Waals surface area contributed by atoms with Gasteiger partial charge in [0.1, 0.15) is 0 Å². The Balaban J connectivity index is 2.41. The first-order chi connectivity index (χ1) is 9.69. The van der Waals surface area contributed by atoms with Gasteiger partial charge in [-0.15, -0.1) is 0 Å². The molecule has 5 nitrogen and oxygen atoms in total. The second-order valence-corrected chi connectivity index (χ2v) is 4.38. The fourth-order valence-electron chi connectivity index (χ4n) is 2.11. The normalized spacial score (nSPS) is 10.6. The molecule has 1 heterocycles. The minimum absolute atomic E-state index is 0.434. The summed E-state index contributed by atoms with van der Waals surface area (Å²) in [4.78, 5) is 0. The highest BCUT2D eigenvalue weighted by Gasteiger charge is 2.11. The third-order valence-corrected chi connectivity index (χ3v) is 2.98. The maximum Gasteiger partial charge on any atom is 0.161 e. The molecule has 0 radical (unpaired) electrons. The van der Waals surface area contributed by atoms with Crippen molar-refractivity contribution in [2.24, 2.45) is 12.8 Å². The molecule has 0 amide bonds. The third kappa shape index (κ3) is 2.93. The molecule has 1 aromatic carbocycles. The minimum atomic E-state index is 0.434. The Bertz CT molecular complexity index is 578. The summed E-state index contributed by atoms with van der Waals surface area (Å²) in [7, 11) is 1.91. The van der Waals surface area contributed by atoms with Gasteiger partial charge in [0.05, 0.1) is 24.6 Å². The average molecular weight is 275 g/mol. The van der Waals surface area contributed by atoms with E-state index in [2.05, 4.69) is 5.10 Å². The van der Waals surface area contributed by atoms with Crippen LogP contribution in [0.15, 0.2) is 24.3 Å². The zero-order valence-electron chi connectivity index (χ0n) is 12.2. The Kier molecular flexibility index (Phi) is 4.63. The van der Waals surface area contributed by atoms with Crippen LogP contribution in [0.2, 0.25) is 0 Å². The van der Waals surface area contributed by atoms with Crippen molar-refractivity contribution in [3.05, 3.63) is 30.0 Å². The van der Waals surface area contributed by atoms with Crippen LogP contribution in [0.3, 0.4) is 0 Å². The van der Waals surface area contributed by atoms with Crippen molar-refractivity contribution in [3.8, 4) is 22.8 Å². The van der Waals surface area contributed by atoms with E-state index in [1.165, 1.54) is 0 Å². The van der Waals surface area contributed by atoms with Gasteiger partial charge in [-0.3, -0.25) is 4.68 Å². The highest BCUT2D eigenvalue weighted by Crippen LogP contribution is 2.32. The van der Waals surface area contributed by atoms with Crippen LogP contribution in [0, 0.1) is 0 Å². The molecule has 1 aromatic heterocycles. The van der Waals surface area contributed by atoms with Crippen molar-refractivity contribution in [2.75, 3.05) is 13.2 Å². The van der Waals surface area contributed by atoms with Crippen LogP contribution < -0.4 is 15.2 Å². The number of nitrogens with two attached hydrogens (primary N) is 1. The molecule has 0 saturated carbocycles. The van der Waals surface area contributed by atoms with E-state index in [9.17, 15) is 0 Å². The van der Waals surface area contributed by atoms with Gasteiger partial charge in [-0.05, 0) is 38.1 Å². The van der Waals surface area contributed by atoms with E-state index in [1.54, 1.807) is 0 Å². The van der Waals surface area contributed by atoms with Gasteiger partial charge < -0.3 is 15.2 Å². The summed E-state index contributed by atoms with van der Waals surface area (Å²) < 4.78 is 13.0. The molecular formula is C15H21N3O2. The molecule has 0 fully saturated rings. The van der Waals surface area contributed by atoms with E-state index in [0.29, 0.717) is 19.8 Å². The van der Waals surface area contributed by atoms with Crippen molar-refractivity contribution in [3.63, 3.8) is 0 Å². The first kappa shape index (κ1) is 14.4. The van der Waals surface area contributed by atoms with Crippen molar-refractivity contribution < 1.29 is 9.47 Å². The fourth-order valence-corrected chi connectivity index (χ4v) is 2.11. The monoisotopic (exact) mass is 275 g/mol. The fraction of sp³-hybridized carbons (Fsp3) is 0.400. The summed E-state index contributed by atoms with van der Waals surface area (Å²) in [5.41, 5.74) is 8.54.